The zero-order valence-corrected chi connectivity index (χ0v) is 13.9. The molecule has 5 nitrogen and oxygen atoms in total. The predicted molar refractivity (Wildman–Crippen MR) is 88.4 cm³/mol. The van der Waals surface area contributed by atoms with Gasteiger partial charge < -0.3 is 10.1 Å². The molecule has 4 rings (SSSR count). The molecule has 0 aliphatic carbocycles. The SMILES string of the molecule is CC12CC(c3ccccc3O1)C(S(=O)(=O)c1ccccc1)C(=O)N2. The number of fused-ring (bicyclic) bond motifs is 4. The van der Waals surface area contributed by atoms with Crippen molar-refractivity contribution in [3.63, 3.8) is 0 Å². The molecule has 2 heterocycles. The first-order valence-electron chi connectivity index (χ1n) is 7.80. The van der Waals surface area contributed by atoms with Crippen molar-refractivity contribution in [2.75, 3.05) is 0 Å². The molecule has 2 aromatic carbocycles. The molecular weight excluding hydrogens is 326 g/mol. The molecule has 3 unspecified atom stereocenters. The molecule has 2 aliphatic rings. The predicted octanol–water partition coefficient (Wildman–Crippen LogP) is 2.24. The van der Waals surface area contributed by atoms with Crippen LogP contribution >= 0.6 is 0 Å². The second-order valence-electron chi connectivity index (χ2n) is 6.45. The van der Waals surface area contributed by atoms with Gasteiger partial charge in [-0.3, -0.25) is 4.79 Å². The van der Waals surface area contributed by atoms with Crippen molar-refractivity contribution in [1.29, 1.82) is 0 Å². The summed E-state index contributed by atoms with van der Waals surface area (Å²) in [6, 6.07) is 15.5. The molecule has 0 aromatic heterocycles. The highest BCUT2D eigenvalue weighted by atomic mass is 32.2. The Bertz CT molecular complexity index is 910. The standard InChI is InChI=1S/C18H17NO4S/c1-18-11-14(13-9-5-6-10-15(13)23-18)16(17(20)19-18)24(21,22)12-7-3-2-4-8-12/h2-10,14,16H,11H2,1H3,(H,19,20). The Kier molecular flexibility index (Phi) is 3.22. The fourth-order valence-electron chi connectivity index (χ4n) is 3.67. The van der Waals surface area contributed by atoms with Crippen molar-refractivity contribution in [2.24, 2.45) is 0 Å². The first kappa shape index (κ1) is 15.2. The van der Waals surface area contributed by atoms with Crippen molar-refractivity contribution in [3.05, 3.63) is 60.2 Å². The van der Waals surface area contributed by atoms with E-state index >= 15 is 0 Å². The Morgan fingerprint density at radius 1 is 1.08 bits per heavy atom. The monoisotopic (exact) mass is 343 g/mol. The van der Waals surface area contributed by atoms with Crippen molar-refractivity contribution < 1.29 is 17.9 Å². The van der Waals surface area contributed by atoms with E-state index in [1.165, 1.54) is 12.1 Å². The van der Waals surface area contributed by atoms with Gasteiger partial charge in [-0.2, -0.15) is 0 Å². The van der Waals surface area contributed by atoms with E-state index in [4.69, 9.17) is 4.74 Å². The fourth-order valence-corrected chi connectivity index (χ4v) is 5.51. The summed E-state index contributed by atoms with van der Waals surface area (Å²) in [5.41, 5.74) is -0.104. The largest absolute Gasteiger partial charge is 0.468 e. The van der Waals surface area contributed by atoms with Crippen LogP contribution in [0.1, 0.15) is 24.8 Å². The Hall–Kier alpha value is -2.34. The molecule has 2 aliphatic heterocycles. The Labute approximate surface area is 140 Å². The third kappa shape index (κ3) is 2.21. The van der Waals surface area contributed by atoms with E-state index in [0.29, 0.717) is 12.2 Å². The van der Waals surface area contributed by atoms with E-state index in [-0.39, 0.29) is 4.90 Å². The van der Waals surface area contributed by atoms with Gasteiger partial charge in [-0.15, -0.1) is 0 Å². The van der Waals surface area contributed by atoms with Crippen molar-refractivity contribution in [1.82, 2.24) is 5.32 Å². The summed E-state index contributed by atoms with van der Waals surface area (Å²) in [5, 5.41) is 1.60. The van der Waals surface area contributed by atoms with Crippen LogP contribution in [0.4, 0.5) is 0 Å². The highest BCUT2D eigenvalue weighted by molar-refractivity contribution is 7.92. The minimum absolute atomic E-state index is 0.165. The van der Waals surface area contributed by atoms with Crippen LogP contribution in [-0.4, -0.2) is 25.3 Å². The molecule has 0 saturated carbocycles. The van der Waals surface area contributed by atoms with Crippen LogP contribution in [0, 0.1) is 0 Å². The second-order valence-corrected chi connectivity index (χ2v) is 8.52. The van der Waals surface area contributed by atoms with Gasteiger partial charge in [-0.25, -0.2) is 8.42 Å². The first-order valence-corrected chi connectivity index (χ1v) is 9.34. The van der Waals surface area contributed by atoms with Gasteiger partial charge >= 0.3 is 0 Å². The van der Waals surface area contributed by atoms with Gasteiger partial charge in [0.25, 0.3) is 0 Å². The lowest BCUT2D eigenvalue weighted by Gasteiger charge is -2.46. The van der Waals surface area contributed by atoms with Crippen molar-refractivity contribution in [2.45, 2.75) is 35.1 Å². The summed E-state index contributed by atoms with van der Waals surface area (Å²) in [4.78, 5) is 12.8. The molecule has 1 amide bonds. The number of piperidine rings is 1. The van der Waals surface area contributed by atoms with Crippen LogP contribution in [0.15, 0.2) is 59.5 Å². The number of ether oxygens (including phenoxy) is 1. The van der Waals surface area contributed by atoms with E-state index in [0.717, 1.165) is 5.56 Å². The molecule has 24 heavy (non-hydrogen) atoms. The van der Waals surface area contributed by atoms with Gasteiger partial charge in [0, 0.05) is 12.3 Å². The lowest BCUT2D eigenvalue weighted by Crippen LogP contribution is -2.63. The zero-order valence-electron chi connectivity index (χ0n) is 13.1. The summed E-state index contributed by atoms with van der Waals surface area (Å²) >= 11 is 0. The number of sulfone groups is 1. The highest BCUT2D eigenvalue weighted by Gasteiger charge is 2.53. The van der Waals surface area contributed by atoms with Gasteiger partial charge in [0.1, 0.15) is 5.75 Å². The van der Waals surface area contributed by atoms with Gasteiger partial charge in [0.2, 0.25) is 5.91 Å². The molecular formula is C18H17NO4S. The average Bonchev–Trinajstić information content (AvgIpc) is 2.54. The minimum atomic E-state index is -3.80. The molecule has 2 aromatic rings. The number of carbonyl (C=O) groups excluding carboxylic acids is 1. The number of hydrogen-bond donors (Lipinski definition) is 1. The van der Waals surface area contributed by atoms with Crippen LogP contribution in [0.25, 0.3) is 0 Å². The smallest absolute Gasteiger partial charge is 0.242 e. The summed E-state index contributed by atoms with van der Waals surface area (Å²) in [6.07, 6.45) is 0.423. The molecule has 0 radical (unpaired) electrons. The summed E-state index contributed by atoms with van der Waals surface area (Å²) < 4.78 is 32.1. The topological polar surface area (TPSA) is 72.5 Å². The van der Waals surface area contributed by atoms with Gasteiger partial charge in [-0.1, -0.05) is 36.4 Å². The normalized spacial score (nSPS) is 28.5. The molecule has 2 bridgehead atoms. The van der Waals surface area contributed by atoms with E-state index in [1.54, 1.807) is 25.1 Å². The van der Waals surface area contributed by atoms with E-state index in [2.05, 4.69) is 5.32 Å². The number of nitrogens with one attached hydrogen (secondary N) is 1. The summed E-state index contributed by atoms with van der Waals surface area (Å²) in [5.74, 6) is -0.310. The summed E-state index contributed by atoms with van der Waals surface area (Å²) in [6.45, 7) is 1.78. The van der Waals surface area contributed by atoms with Gasteiger partial charge in [-0.05, 0) is 30.7 Å². The third-order valence-corrected chi connectivity index (χ3v) is 6.82. The van der Waals surface area contributed by atoms with Crippen LogP contribution in [0.3, 0.4) is 0 Å². The maximum atomic E-state index is 13.1. The Morgan fingerprint density at radius 2 is 1.75 bits per heavy atom. The Morgan fingerprint density at radius 3 is 2.50 bits per heavy atom. The summed E-state index contributed by atoms with van der Waals surface area (Å²) in [7, 11) is -3.80. The molecule has 1 fully saturated rings. The number of carbonyl (C=O) groups is 1. The van der Waals surface area contributed by atoms with Gasteiger partial charge in [0.15, 0.2) is 20.8 Å². The highest BCUT2D eigenvalue weighted by Crippen LogP contribution is 2.46. The molecule has 6 heteroatoms. The second kappa shape index (κ2) is 5.08. The maximum absolute atomic E-state index is 13.1. The quantitative estimate of drug-likeness (QED) is 0.908. The van der Waals surface area contributed by atoms with E-state index < -0.39 is 32.6 Å². The molecule has 3 atom stereocenters. The maximum Gasteiger partial charge on any atom is 0.242 e. The van der Waals surface area contributed by atoms with Gasteiger partial charge in [0.05, 0.1) is 4.90 Å². The van der Waals surface area contributed by atoms with Crippen LogP contribution < -0.4 is 10.1 Å². The van der Waals surface area contributed by atoms with Crippen molar-refractivity contribution in [3.8, 4) is 5.75 Å². The number of hydrogen-bond acceptors (Lipinski definition) is 4. The lowest BCUT2D eigenvalue weighted by molar-refractivity contribution is -0.132. The zero-order chi connectivity index (χ0) is 16.9. The van der Waals surface area contributed by atoms with Crippen molar-refractivity contribution >= 4 is 15.7 Å². The van der Waals surface area contributed by atoms with E-state index in [1.807, 2.05) is 24.3 Å². The van der Waals surface area contributed by atoms with Crippen LogP contribution in [0.5, 0.6) is 5.75 Å². The fraction of sp³-hybridized carbons (Fsp3) is 0.278. The lowest BCUT2D eigenvalue weighted by atomic mass is 9.81. The third-order valence-electron chi connectivity index (χ3n) is 4.68. The molecule has 1 saturated heterocycles. The minimum Gasteiger partial charge on any atom is -0.468 e. The number of rotatable bonds is 2. The van der Waals surface area contributed by atoms with E-state index in [9.17, 15) is 13.2 Å². The van der Waals surface area contributed by atoms with Crippen LogP contribution in [0.2, 0.25) is 0 Å². The first-order chi connectivity index (χ1) is 11.4. The number of amides is 1. The molecule has 1 N–H and O–H groups in total. The average molecular weight is 343 g/mol. The number of para-hydroxylation sites is 1. The molecule has 0 spiro atoms. The number of benzene rings is 2. The molecule has 124 valence electrons. The Balaban J connectivity index is 1.87. The van der Waals surface area contributed by atoms with Crippen LogP contribution in [-0.2, 0) is 14.6 Å².